The number of hydrazine groups is 1. The van der Waals surface area contributed by atoms with Gasteiger partial charge in [0.25, 0.3) is 5.91 Å². The Balaban J connectivity index is 1.94. The third kappa shape index (κ3) is 2.85. The zero-order chi connectivity index (χ0) is 12.3. The van der Waals surface area contributed by atoms with E-state index in [0.29, 0.717) is 30.3 Å². The number of carbonyl (C=O) groups is 1. The van der Waals surface area contributed by atoms with Crippen LogP contribution < -0.4 is 11.3 Å². The van der Waals surface area contributed by atoms with Gasteiger partial charge in [-0.2, -0.15) is 0 Å². The highest BCUT2D eigenvalue weighted by molar-refractivity contribution is 5.94. The van der Waals surface area contributed by atoms with Crippen LogP contribution in [0.5, 0.6) is 0 Å². The fourth-order valence-electron chi connectivity index (χ4n) is 1.76. The first-order valence-electron chi connectivity index (χ1n) is 5.50. The highest BCUT2D eigenvalue weighted by Crippen LogP contribution is 2.17. The monoisotopic (exact) mass is 240 g/mol. The Morgan fingerprint density at radius 2 is 2.53 bits per heavy atom. The van der Waals surface area contributed by atoms with Gasteiger partial charge in [0, 0.05) is 6.61 Å². The van der Waals surface area contributed by atoms with Crippen molar-refractivity contribution in [2.45, 2.75) is 26.1 Å². The van der Waals surface area contributed by atoms with E-state index < -0.39 is 0 Å². The molecule has 17 heavy (non-hydrogen) atoms. The van der Waals surface area contributed by atoms with Crippen LogP contribution in [0.25, 0.3) is 0 Å². The predicted octanol–water partition coefficient (Wildman–Crippen LogP) is 0.497. The number of rotatable bonds is 4. The van der Waals surface area contributed by atoms with Crippen LogP contribution in [-0.4, -0.2) is 25.2 Å². The zero-order valence-corrected chi connectivity index (χ0v) is 9.69. The van der Waals surface area contributed by atoms with Crippen molar-refractivity contribution in [3.8, 4) is 0 Å². The average Bonchev–Trinajstić information content (AvgIpc) is 2.94. The minimum absolute atomic E-state index is 0.118. The number of nitrogens with one attached hydrogen (secondary N) is 1. The van der Waals surface area contributed by atoms with Crippen LogP contribution in [0.1, 0.15) is 28.3 Å². The molecule has 2 rings (SSSR count). The van der Waals surface area contributed by atoms with Crippen LogP contribution in [0.15, 0.2) is 10.5 Å². The van der Waals surface area contributed by atoms with E-state index in [1.54, 1.807) is 13.0 Å². The molecule has 1 aliphatic heterocycles. The Morgan fingerprint density at radius 3 is 3.18 bits per heavy atom. The van der Waals surface area contributed by atoms with Crippen LogP contribution in [-0.2, 0) is 16.1 Å². The second-order valence-corrected chi connectivity index (χ2v) is 3.95. The van der Waals surface area contributed by atoms with Crippen molar-refractivity contribution in [2.24, 2.45) is 5.84 Å². The van der Waals surface area contributed by atoms with Gasteiger partial charge >= 0.3 is 0 Å². The summed E-state index contributed by atoms with van der Waals surface area (Å²) in [6.07, 6.45) is 1.02. The van der Waals surface area contributed by atoms with Crippen molar-refractivity contribution in [2.75, 3.05) is 13.2 Å². The van der Waals surface area contributed by atoms with Gasteiger partial charge in [0.15, 0.2) is 0 Å². The SMILES string of the molecule is Cc1oc(COC2CCOC2)cc1C(=O)NN. The molecule has 94 valence electrons. The van der Waals surface area contributed by atoms with Crippen LogP contribution in [0.3, 0.4) is 0 Å². The van der Waals surface area contributed by atoms with Gasteiger partial charge in [-0.25, -0.2) is 5.84 Å². The van der Waals surface area contributed by atoms with Gasteiger partial charge in [-0.15, -0.1) is 0 Å². The summed E-state index contributed by atoms with van der Waals surface area (Å²) in [6.45, 7) is 3.41. The van der Waals surface area contributed by atoms with Gasteiger partial charge in [0.05, 0.1) is 18.3 Å². The smallest absolute Gasteiger partial charge is 0.268 e. The third-order valence-corrected chi connectivity index (χ3v) is 2.69. The summed E-state index contributed by atoms with van der Waals surface area (Å²) in [7, 11) is 0. The van der Waals surface area contributed by atoms with E-state index in [2.05, 4.69) is 5.43 Å². The van der Waals surface area contributed by atoms with Gasteiger partial charge < -0.3 is 13.9 Å². The lowest BCUT2D eigenvalue weighted by Gasteiger charge is -2.07. The Labute approximate surface area is 99.0 Å². The Morgan fingerprint density at radius 1 is 1.71 bits per heavy atom. The van der Waals surface area contributed by atoms with Crippen molar-refractivity contribution in [3.05, 3.63) is 23.2 Å². The largest absolute Gasteiger partial charge is 0.463 e. The van der Waals surface area contributed by atoms with Gasteiger partial charge in [0.2, 0.25) is 0 Å². The maximum absolute atomic E-state index is 11.4. The molecular weight excluding hydrogens is 224 g/mol. The fourth-order valence-corrected chi connectivity index (χ4v) is 1.76. The summed E-state index contributed by atoms with van der Waals surface area (Å²) >= 11 is 0. The molecule has 0 spiro atoms. The van der Waals surface area contributed by atoms with E-state index in [-0.39, 0.29) is 12.0 Å². The molecule has 1 amide bonds. The molecule has 1 fully saturated rings. The summed E-state index contributed by atoms with van der Waals surface area (Å²) < 4.78 is 16.2. The summed E-state index contributed by atoms with van der Waals surface area (Å²) in [5, 5.41) is 0. The Bertz CT molecular complexity index is 396. The molecule has 1 saturated heterocycles. The van der Waals surface area contributed by atoms with Crippen molar-refractivity contribution in [1.29, 1.82) is 0 Å². The lowest BCUT2D eigenvalue weighted by atomic mass is 10.2. The fraction of sp³-hybridized carbons (Fsp3) is 0.545. The van der Waals surface area contributed by atoms with Crippen molar-refractivity contribution in [1.82, 2.24) is 5.43 Å². The quantitative estimate of drug-likeness (QED) is 0.454. The number of hydrogen-bond donors (Lipinski definition) is 2. The first kappa shape index (κ1) is 12.1. The summed E-state index contributed by atoms with van der Waals surface area (Å²) in [5.41, 5.74) is 2.51. The zero-order valence-electron chi connectivity index (χ0n) is 9.69. The molecule has 0 radical (unpaired) electrons. The molecule has 0 saturated carbocycles. The second-order valence-electron chi connectivity index (χ2n) is 3.95. The predicted molar refractivity (Wildman–Crippen MR) is 59.1 cm³/mol. The number of hydrogen-bond acceptors (Lipinski definition) is 5. The maximum atomic E-state index is 11.4. The molecule has 0 aromatic carbocycles. The number of amides is 1. The lowest BCUT2D eigenvalue weighted by Crippen LogP contribution is -2.30. The second kappa shape index (κ2) is 5.31. The molecule has 6 heteroatoms. The summed E-state index contributed by atoms with van der Waals surface area (Å²) in [4.78, 5) is 11.4. The molecule has 6 nitrogen and oxygen atoms in total. The van der Waals surface area contributed by atoms with Crippen LogP contribution in [0, 0.1) is 6.92 Å². The van der Waals surface area contributed by atoms with Crippen LogP contribution >= 0.6 is 0 Å². The van der Waals surface area contributed by atoms with Crippen LogP contribution in [0.4, 0.5) is 0 Å². The van der Waals surface area contributed by atoms with Crippen molar-refractivity contribution < 1.29 is 18.7 Å². The molecule has 1 aromatic heterocycles. The lowest BCUT2D eigenvalue weighted by molar-refractivity contribution is 0.0232. The minimum Gasteiger partial charge on any atom is -0.463 e. The molecule has 1 aliphatic rings. The number of furan rings is 1. The topological polar surface area (TPSA) is 86.7 Å². The summed E-state index contributed by atoms with van der Waals surface area (Å²) in [6, 6.07) is 1.65. The van der Waals surface area contributed by atoms with E-state index in [9.17, 15) is 4.79 Å². The van der Waals surface area contributed by atoms with Gasteiger partial charge in [-0.1, -0.05) is 0 Å². The molecule has 2 heterocycles. The number of nitrogen functional groups attached to an aromatic ring is 1. The first-order chi connectivity index (χ1) is 8.20. The highest BCUT2D eigenvalue weighted by Gasteiger charge is 2.18. The molecular formula is C11H16N2O4. The van der Waals surface area contributed by atoms with E-state index in [0.717, 1.165) is 13.0 Å². The summed E-state index contributed by atoms with van der Waals surface area (Å²) in [5.74, 6) is 5.86. The molecule has 1 unspecified atom stereocenters. The Hall–Kier alpha value is -1.37. The number of ether oxygens (including phenoxy) is 2. The standard InChI is InChI=1S/C11H16N2O4/c1-7-10(11(14)13-12)4-9(17-7)6-16-8-2-3-15-5-8/h4,8H,2-3,5-6,12H2,1H3,(H,13,14). The molecule has 1 aromatic rings. The minimum atomic E-state index is -0.360. The van der Waals surface area contributed by atoms with E-state index in [1.807, 2.05) is 0 Å². The van der Waals surface area contributed by atoms with E-state index >= 15 is 0 Å². The highest BCUT2D eigenvalue weighted by atomic mass is 16.5. The van der Waals surface area contributed by atoms with Crippen molar-refractivity contribution in [3.63, 3.8) is 0 Å². The van der Waals surface area contributed by atoms with E-state index in [4.69, 9.17) is 19.7 Å². The number of aryl methyl sites for hydroxylation is 1. The van der Waals surface area contributed by atoms with Gasteiger partial charge in [-0.3, -0.25) is 10.2 Å². The molecule has 3 N–H and O–H groups in total. The molecule has 0 aliphatic carbocycles. The average molecular weight is 240 g/mol. The molecule has 1 atom stereocenters. The molecule has 0 bridgehead atoms. The maximum Gasteiger partial charge on any atom is 0.268 e. The van der Waals surface area contributed by atoms with E-state index in [1.165, 1.54) is 0 Å². The number of nitrogens with two attached hydrogens (primary N) is 1. The van der Waals surface area contributed by atoms with Crippen LogP contribution in [0.2, 0.25) is 0 Å². The van der Waals surface area contributed by atoms with Gasteiger partial charge in [-0.05, 0) is 19.4 Å². The number of carbonyl (C=O) groups excluding carboxylic acids is 1. The van der Waals surface area contributed by atoms with Crippen molar-refractivity contribution >= 4 is 5.91 Å². The normalized spacial score (nSPS) is 19.5. The van der Waals surface area contributed by atoms with Gasteiger partial charge in [0.1, 0.15) is 18.1 Å². The Kier molecular flexibility index (Phi) is 3.78. The third-order valence-electron chi connectivity index (χ3n) is 2.69. The first-order valence-corrected chi connectivity index (χ1v) is 5.50.